The van der Waals surface area contributed by atoms with Gasteiger partial charge in [-0.2, -0.15) is 0 Å². The van der Waals surface area contributed by atoms with Crippen LogP contribution in [0.4, 0.5) is 0 Å². The van der Waals surface area contributed by atoms with Gasteiger partial charge in [-0.1, -0.05) is 28.4 Å². The Morgan fingerprint density at radius 2 is 1.82 bits per heavy atom. The fraction of sp³-hybridized carbons (Fsp3) is 0.0625. The lowest BCUT2D eigenvalue weighted by atomic mass is 10.1. The number of halogens is 2. The Kier molecular flexibility index (Phi) is 3.96. The maximum atomic E-state index is 9.25. The van der Waals surface area contributed by atoms with Crippen LogP contribution in [0.15, 0.2) is 52.0 Å². The molecule has 0 amide bonds. The molecule has 112 valence electrons. The maximum absolute atomic E-state index is 9.25. The molecule has 0 unspecified atom stereocenters. The van der Waals surface area contributed by atoms with E-state index in [0.29, 0.717) is 32.1 Å². The Balaban J connectivity index is 2.27. The first kappa shape index (κ1) is 14.8. The van der Waals surface area contributed by atoms with E-state index in [1.165, 1.54) is 0 Å². The normalized spacial score (nSPS) is 11.9. The van der Waals surface area contributed by atoms with Gasteiger partial charge in [-0.25, -0.2) is 0 Å². The zero-order valence-corrected chi connectivity index (χ0v) is 13.0. The van der Waals surface area contributed by atoms with Crippen molar-refractivity contribution < 1.29 is 14.4 Å². The van der Waals surface area contributed by atoms with Crippen molar-refractivity contribution in [3.05, 3.63) is 57.9 Å². The second-order valence-electron chi connectivity index (χ2n) is 4.59. The van der Waals surface area contributed by atoms with E-state index in [2.05, 4.69) is 5.16 Å². The highest BCUT2D eigenvalue weighted by molar-refractivity contribution is 6.38. The SMILES string of the molecule is COc1ccc(-c2c/c(=N\O)c3cc(Cl)cc(Cl)c3o2)cc1. The Morgan fingerprint density at radius 3 is 2.45 bits per heavy atom. The molecular weight excluding hydrogens is 325 g/mol. The lowest BCUT2D eigenvalue weighted by Crippen LogP contribution is -2.03. The zero-order chi connectivity index (χ0) is 15.7. The average Bonchev–Trinajstić information content (AvgIpc) is 2.54. The standard InChI is InChI=1S/C16H11Cl2NO3/c1-21-11-4-2-9(3-5-11)15-8-14(19-20)12-6-10(17)7-13(18)16(12)22-15/h2-8,20H,1H3/b19-14+. The minimum atomic E-state index is 0.330. The van der Waals surface area contributed by atoms with Crippen LogP contribution in [0.25, 0.3) is 22.3 Å². The van der Waals surface area contributed by atoms with Gasteiger partial charge in [0.15, 0.2) is 5.58 Å². The van der Waals surface area contributed by atoms with E-state index >= 15 is 0 Å². The third-order valence-electron chi connectivity index (χ3n) is 3.25. The number of nitrogens with zero attached hydrogens (tertiary/aromatic N) is 1. The van der Waals surface area contributed by atoms with Crippen molar-refractivity contribution >= 4 is 34.2 Å². The fourth-order valence-corrected chi connectivity index (χ4v) is 2.71. The summed E-state index contributed by atoms with van der Waals surface area (Å²) >= 11 is 12.2. The molecule has 4 nitrogen and oxygen atoms in total. The quantitative estimate of drug-likeness (QED) is 0.545. The molecule has 0 bridgehead atoms. The van der Waals surface area contributed by atoms with E-state index in [1.54, 1.807) is 25.3 Å². The largest absolute Gasteiger partial charge is 0.497 e. The van der Waals surface area contributed by atoms with Gasteiger partial charge in [0, 0.05) is 22.0 Å². The van der Waals surface area contributed by atoms with Crippen LogP contribution in [0, 0.1) is 0 Å². The Morgan fingerprint density at radius 1 is 1.09 bits per heavy atom. The number of fused-ring (bicyclic) bond motifs is 1. The van der Waals surface area contributed by atoms with Gasteiger partial charge in [0.25, 0.3) is 0 Å². The van der Waals surface area contributed by atoms with Gasteiger partial charge in [0.05, 0.1) is 12.1 Å². The van der Waals surface area contributed by atoms with Gasteiger partial charge in [-0.05, 0) is 36.4 Å². The van der Waals surface area contributed by atoms with Crippen molar-refractivity contribution in [1.82, 2.24) is 0 Å². The first-order valence-electron chi connectivity index (χ1n) is 6.38. The van der Waals surface area contributed by atoms with Crippen molar-refractivity contribution in [2.75, 3.05) is 7.11 Å². The van der Waals surface area contributed by atoms with Crippen LogP contribution in [0.5, 0.6) is 5.75 Å². The summed E-state index contributed by atoms with van der Waals surface area (Å²) in [7, 11) is 1.60. The molecule has 6 heteroatoms. The molecule has 0 fully saturated rings. The molecule has 0 saturated heterocycles. The lowest BCUT2D eigenvalue weighted by Gasteiger charge is -2.07. The molecule has 1 N–H and O–H groups in total. The summed E-state index contributed by atoms with van der Waals surface area (Å²) in [6.07, 6.45) is 0. The van der Waals surface area contributed by atoms with Crippen LogP contribution in [-0.2, 0) is 0 Å². The minimum absolute atomic E-state index is 0.330. The first-order chi connectivity index (χ1) is 10.6. The molecule has 0 radical (unpaired) electrons. The van der Waals surface area contributed by atoms with E-state index < -0.39 is 0 Å². The van der Waals surface area contributed by atoms with Crippen LogP contribution in [0.2, 0.25) is 10.0 Å². The highest BCUT2D eigenvalue weighted by Gasteiger charge is 2.10. The summed E-state index contributed by atoms with van der Waals surface area (Å²) in [6.45, 7) is 0. The predicted octanol–water partition coefficient (Wildman–Crippen LogP) is 4.71. The monoisotopic (exact) mass is 335 g/mol. The molecule has 0 aliphatic carbocycles. The molecule has 0 aliphatic heterocycles. The maximum Gasteiger partial charge on any atom is 0.155 e. The summed E-state index contributed by atoms with van der Waals surface area (Å²) in [5.41, 5.74) is 1.21. The topological polar surface area (TPSA) is 55.0 Å². The van der Waals surface area contributed by atoms with Gasteiger partial charge in [-0.3, -0.25) is 0 Å². The molecular formula is C16H11Cl2NO3. The number of hydrogen-bond acceptors (Lipinski definition) is 4. The first-order valence-corrected chi connectivity index (χ1v) is 7.13. The summed E-state index contributed by atoms with van der Waals surface area (Å²) in [6, 6.07) is 12.1. The second-order valence-corrected chi connectivity index (χ2v) is 5.43. The molecule has 0 atom stereocenters. The summed E-state index contributed by atoms with van der Waals surface area (Å²) in [4.78, 5) is 0. The van der Waals surface area contributed by atoms with Gasteiger partial charge >= 0.3 is 0 Å². The molecule has 22 heavy (non-hydrogen) atoms. The predicted molar refractivity (Wildman–Crippen MR) is 85.6 cm³/mol. The van der Waals surface area contributed by atoms with Crippen molar-refractivity contribution in [1.29, 1.82) is 0 Å². The molecule has 1 heterocycles. The van der Waals surface area contributed by atoms with Crippen molar-refractivity contribution in [2.45, 2.75) is 0 Å². The van der Waals surface area contributed by atoms with Gasteiger partial charge in [0.2, 0.25) is 0 Å². The number of rotatable bonds is 2. The summed E-state index contributed by atoms with van der Waals surface area (Å²) in [5, 5.41) is 14.2. The summed E-state index contributed by atoms with van der Waals surface area (Å²) in [5.74, 6) is 1.26. The van der Waals surface area contributed by atoms with E-state index in [1.807, 2.05) is 24.3 Å². The average molecular weight is 336 g/mol. The Labute approximate surface area is 136 Å². The van der Waals surface area contributed by atoms with Crippen molar-refractivity contribution in [2.24, 2.45) is 5.16 Å². The number of methoxy groups -OCH3 is 1. The third kappa shape index (κ3) is 2.63. The highest BCUT2D eigenvalue weighted by atomic mass is 35.5. The molecule has 1 aromatic heterocycles. The molecule has 0 saturated carbocycles. The number of hydrogen-bond donors (Lipinski definition) is 1. The van der Waals surface area contributed by atoms with Crippen molar-refractivity contribution in [3.8, 4) is 17.1 Å². The molecule has 2 aromatic carbocycles. The summed E-state index contributed by atoms with van der Waals surface area (Å²) < 4.78 is 11.0. The second kappa shape index (κ2) is 5.91. The van der Waals surface area contributed by atoms with Gasteiger partial charge < -0.3 is 14.4 Å². The van der Waals surface area contributed by atoms with E-state index in [4.69, 9.17) is 32.4 Å². The number of benzene rings is 2. The Hall–Kier alpha value is -2.17. The van der Waals surface area contributed by atoms with E-state index in [0.717, 1.165) is 11.3 Å². The Bertz CT molecular complexity index is 902. The van der Waals surface area contributed by atoms with Crippen LogP contribution >= 0.6 is 23.2 Å². The van der Waals surface area contributed by atoms with Crippen LogP contribution < -0.4 is 10.1 Å². The van der Waals surface area contributed by atoms with Crippen LogP contribution in [0.1, 0.15) is 0 Å². The lowest BCUT2D eigenvalue weighted by molar-refractivity contribution is 0.302. The van der Waals surface area contributed by atoms with Crippen molar-refractivity contribution in [3.63, 3.8) is 0 Å². The number of ether oxygens (including phenoxy) is 1. The van der Waals surface area contributed by atoms with E-state index in [9.17, 15) is 5.21 Å². The van der Waals surface area contributed by atoms with Crippen LogP contribution in [-0.4, -0.2) is 12.3 Å². The molecule has 3 aromatic rings. The van der Waals surface area contributed by atoms with Crippen LogP contribution in [0.3, 0.4) is 0 Å². The van der Waals surface area contributed by atoms with Gasteiger partial charge in [-0.15, -0.1) is 0 Å². The smallest absolute Gasteiger partial charge is 0.155 e. The fourth-order valence-electron chi connectivity index (χ4n) is 2.18. The molecule has 3 rings (SSSR count). The highest BCUT2D eigenvalue weighted by Crippen LogP contribution is 2.30. The molecule has 0 aliphatic rings. The van der Waals surface area contributed by atoms with Gasteiger partial charge in [0.1, 0.15) is 16.9 Å². The zero-order valence-electron chi connectivity index (χ0n) is 11.5. The minimum Gasteiger partial charge on any atom is -0.497 e. The third-order valence-corrected chi connectivity index (χ3v) is 3.75. The van der Waals surface area contributed by atoms with E-state index in [-0.39, 0.29) is 0 Å². The molecule has 0 spiro atoms.